The van der Waals surface area contributed by atoms with Crippen LogP contribution in [0.4, 0.5) is 19.0 Å². The van der Waals surface area contributed by atoms with Crippen molar-refractivity contribution in [2.45, 2.75) is 83.1 Å². The molecule has 3 saturated heterocycles. The van der Waals surface area contributed by atoms with Crippen molar-refractivity contribution in [3.05, 3.63) is 47.2 Å². The van der Waals surface area contributed by atoms with Crippen LogP contribution in [0.15, 0.2) is 24.3 Å². The number of pyridine rings is 1. The highest BCUT2D eigenvalue weighted by Gasteiger charge is 2.49. The highest BCUT2D eigenvalue weighted by molar-refractivity contribution is 6.02. The van der Waals surface area contributed by atoms with Crippen LogP contribution in [0.1, 0.15) is 57.2 Å². The fourth-order valence-electron chi connectivity index (χ4n) is 8.82. The summed E-state index contributed by atoms with van der Waals surface area (Å²) >= 11 is 0. The molecule has 8 rings (SSSR count). The van der Waals surface area contributed by atoms with Crippen LogP contribution in [0.3, 0.4) is 0 Å². The molecular weight excluding hydrogens is 605 g/mol. The molecule has 0 amide bonds. The van der Waals surface area contributed by atoms with Gasteiger partial charge in [-0.15, -0.1) is 0 Å². The number of phenolic OH excluding ortho intramolecular Hbond substituents is 1. The Bertz CT molecular complexity index is 1890. The minimum absolute atomic E-state index is 0.00797. The summed E-state index contributed by atoms with van der Waals surface area (Å²) in [6.07, 6.45) is 3.69. The third-order valence-electron chi connectivity index (χ3n) is 11.3. The van der Waals surface area contributed by atoms with Crippen molar-refractivity contribution < 1.29 is 23.0 Å². The number of aromatic nitrogens is 3. The van der Waals surface area contributed by atoms with Gasteiger partial charge in [0.05, 0.1) is 16.6 Å². The standard InChI is InChI=1S/C36H41F3N6O2/c1-4-20-12-27-30-33(31(39)32(41-27)25-13-24(46)11-21-7-8-26(38)19(3)29(21)25)42-35(43-34(30)45-17-23(5-2)40-15-28(20)45)47-18-36-9-6-10-44(36)16-22(37)14-36/h7-8,11,13,20,22-23,28,40,46H,4-6,9-10,12,14-18H2,1-3H3/t20-,22+,23+,28+,36-/m0/s1. The first-order chi connectivity index (χ1) is 22.7. The molecule has 2 N–H and O–H groups in total. The lowest BCUT2D eigenvalue weighted by molar-refractivity contribution is 0.107. The van der Waals surface area contributed by atoms with Gasteiger partial charge in [-0.05, 0) is 79.6 Å². The summed E-state index contributed by atoms with van der Waals surface area (Å²) < 4.78 is 53.0. The fraction of sp³-hybridized carbons (Fsp3) is 0.528. The minimum atomic E-state index is -0.904. The number of hydrogen-bond donors (Lipinski definition) is 2. The van der Waals surface area contributed by atoms with Gasteiger partial charge >= 0.3 is 6.01 Å². The number of nitrogens with one attached hydrogen (secondary N) is 1. The summed E-state index contributed by atoms with van der Waals surface area (Å²) in [6.45, 7) is 8.87. The van der Waals surface area contributed by atoms with Crippen molar-refractivity contribution in [1.82, 2.24) is 25.2 Å². The van der Waals surface area contributed by atoms with Gasteiger partial charge in [-0.25, -0.2) is 18.2 Å². The number of phenols is 1. The number of rotatable bonds is 6. The van der Waals surface area contributed by atoms with Crippen LogP contribution in [0.5, 0.6) is 11.8 Å². The molecule has 248 valence electrons. The molecule has 2 aromatic heterocycles. The first-order valence-corrected chi connectivity index (χ1v) is 17.0. The summed E-state index contributed by atoms with van der Waals surface area (Å²) in [5, 5.41) is 16.0. The average Bonchev–Trinajstić information content (AvgIpc) is 3.55. The normalized spacial score (nSPS) is 27.3. The van der Waals surface area contributed by atoms with E-state index < -0.39 is 23.3 Å². The Balaban J connectivity index is 1.34. The van der Waals surface area contributed by atoms with Crippen molar-refractivity contribution in [3.8, 4) is 23.0 Å². The molecule has 11 heteroatoms. The number of halogens is 3. The van der Waals surface area contributed by atoms with Crippen LogP contribution in [0.2, 0.25) is 0 Å². The van der Waals surface area contributed by atoms with Gasteiger partial charge in [-0.3, -0.25) is 4.90 Å². The molecule has 5 atom stereocenters. The summed E-state index contributed by atoms with van der Waals surface area (Å²) in [5.74, 6) is -0.364. The van der Waals surface area contributed by atoms with Crippen LogP contribution in [-0.2, 0) is 6.42 Å². The molecule has 0 unspecified atom stereocenters. The quantitative estimate of drug-likeness (QED) is 0.255. The number of nitrogens with zero attached hydrogens (tertiary/aromatic N) is 5. The molecule has 4 aliphatic rings. The van der Waals surface area contributed by atoms with E-state index in [9.17, 15) is 13.9 Å². The number of alkyl halides is 1. The minimum Gasteiger partial charge on any atom is -0.508 e. The molecule has 0 spiro atoms. The van der Waals surface area contributed by atoms with Gasteiger partial charge in [0.2, 0.25) is 0 Å². The maximum atomic E-state index is 17.2. The number of piperazine rings is 1. The van der Waals surface area contributed by atoms with E-state index in [2.05, 4.69) is 29.0 Å². The van der Waals surface area contributed by atoms with Crippen LogP contribution < -0.4 is 15.0 Å². The molecule has 6 heterocycles. The van der Waals surface area contributed by atoms with Crippen molar-refractivity contribution >= 4 is 27.5 Å². The molecule has 3 fully saturated rings. The van der Waals surface area contributed by atoms with Crippen LogP contribution in [0, 0.1) is 24.5 Å². The maximum absolute atomic E-state index is 17.2. The van der Waals surface area contributed by atoms with E-state index in [1.807, 2.05) is 0 Å². The van der Waals surface area contributed by atoms with Crippen LogP contribution in [-0.4, -0.2) is 81.5 Å². The van der Waals surface area contributed by atoms with Crippen molar-refractivity contribution in [2.75, 3.05) is 37.7 Å². The molecule has 2 aromatic carbocycles. The van der Waals surface area contributed by atoms with E-state index >= 15 is 4.39 Å². The first kappa shape index (κ1) is 30.6. The largest absolute Gasteiger partial charge is 0.508 e. The van der Waals surface area contributed by atoms with E-state index in [-0.39, 0.29) is 47.6 Å². The van der Waals surface area contributed by atoms with Gasteiger partial charge in [0, 0.05) is 43.7 Å². The molecule has 0 bridgehead atoms. The van der Waals surface area contributed by atoms with Gasteiger partial charge in [-0.1, -0.05) is 26.3 Å². The fourth-order valence-corrected chi connectivity index (χ4v) is 8.82. The van der Waals surface area contributed by atoms with E-state index in [0.717, 1.165) is 38.8 Å². The zero-order valence-corrected chi connectivity index (χ0v) is 27.1. The Morgan fingerprint density at radius 2 is 1.94 bits per heavy atom. The zero-order valence-electron chi connectivity index (χ0n) is 27.1. The number of fused-ring (bicyclic) bond motifs is 4. The Labute approximate surface area is 272 Å². The molecule has 8 nitrogen and oxygen atoms in total. The average molecular weight is 647 g/mol. The lowest BCUT2D eigenvalue weighted by Crippen LogP contribution is -2.59. The number of anilines is 1. The smallest absolute Gasteiger partial charge is 0.319 e. The maximum Gasteiger partial charge on any atom is 0.319 e. The van der Waals surface area contributed by atoms with Gasteiger partial charge in [0.1, 0.15) is 41.4 Å². The molecule has 47 heavy (non-hydrogen) atoms. The third-order valence-corrected chi connectivity index (χ3v) is 11.3. The van der Waals surface area contributed by atoms with E-state index in [1.165, 1.54) is 12.1 Å². The van der Waals surface area contributed by atoms with Crippen molar-refractivity contribution in [3.63, 3.8) is 0 Å². The number of aromatic hydroxyl groups is 1. The summed E-state index contributed by atoms with van der Waals surface area (Å²) in [6, 6.07) is 6.32. The number of hydrogen-bond acceptors (Lipinski definition) is 8. The highest BCUT2D eigenvalue weighted by Crippen LogP contribution is 2.44. The molecule has 0 radical (unpaired) electrons. The Morgan fingerprint density at radius 1 is 1.09 bits per heavy atom. The van der Waals surface area contributed by atoms with Crippen molar-refractivity contribution in [1.29, 1.82) is 0 Å². The Kier molecular flexibility index (Phi) is 7.48. The number of aryl methyl sites for hydroxylation is 1. The lowest BCUT2D eigenvalue weighted by atomic mass is 9.89. The van der Waals surface area contributed by atoms with Gasteiger partial charge in [-0.2, -0.15) is 9.97 Å². The Morgan fingerprint density at radius 3 is 2.74 bits per heavy atom. The Hall–Kier alpha value is -3.70. The third kappa shape index (κ3) is 4.91. The van der Waals surface area contributed by atoms with Gasteiger partial charge < -0.3 is 20.1 Å². The number of ether oxygens (including phenoxy) is 1. The second-order valence-corrected chi connectivity index (χ2v) is 14.0. The molecular formula is C36H41F3N6O2. The van der Waals surface area contributed by atoms with E-state index in [1.54, 1.807) is 19.1 Å². The van der Waals surface area contributed by atoms with Crippen LogP contribution in [0.25, 0.3) is 32.9 Å². The highest BCUT2D eigenvalue weighted by atomic mass is 19.1. The molecule has 4 aromatic rings. The topological polar surface area (TPSA) is 86.6 Å². The predicted octanol–water partition coefficient (Wildman–Crippen LogP) is 6.23. The second kappa shape index (κ2) is 11.5. The lowest BCUT2D eigenvalue weighted by Gasteiger charge is -2.43. The predicted molar refractivity (Wildman–Crippen MR) is 176 cm³/mol. The monoisotopic (exact) mass is 646 g/mol. The SMILES string of the molecule is CC[C@@H]1CN2c3nc(OC[C@@]45CCCN4C[C@H](F)C5)nc4c(F)c(-c5cc(O)cc6ccc(F)c(C)c56)nc(c34)C[C@H](CC)[C@H]2CN1. The molecule has 0 saturated carbocycles. The van der Waals surface area contributed by atoms with Gasteiger partial charge in [0.15, 0.2) is 5.82 Å². The second-order valence-electron chi connectivity index (χ2n) is 14.0. The summed E-state index contributed by atoms with van der Waals surface area (Å²) in [5.41, 5.74) is 1.01. The van der Waals surface area contributed by atoms with Crippen LogP contribution >= 0.6 is 0 Å². The number of benzene rings is 2. The molecule has 0 aliphatic carbocycles. The summed E-state index contributed by atoms with van der Waals surface area (Å²) in [7, 11) is 0. The summed E-state index contributed by atoms with van der Waals surface area (Å²) in [4.78, 5) is 19.2. The van der Waals surface area contributed by atoms with Gasteiger partial charge in [0.25, 0.3) is 0 Å². The first-order valence-electron chi connectivity index (χ1n) is 17.0. The van der Waals surface area contributed by atoms with E-state index in [0.29, 0.717) is 64.7 Å². The molecule has 4 aliphatic heterocycles. The van der Waals surface area contributed by atoms with E-state index in [4.69, 9.17) is 19.7 Å². The van der Waals surface area contributed by atoms with Crippen molar-refractivity contribution in [2.24, 2.45) is 5.92 Å². The zero-order chi connectivity index (χ0) is 32.6.